The van der Waals surface area contributed by atoms with Gasteiger partial charge in [-0.2, -0.15) is 0 Å². The number of anilines is 1. The molecular weight excluding hydrogens is 430 g/mol. The number of likely N-dealkylation sites (N-methyl/N-ethyl adjacent to an activating group) is 1. The highest BCUT2D eigenvalue weighted by molar-refractivity contribution is 7.92. The van der Waals surface area contributed by atoms with Crippen molar-refractivity contribution in [3.05, 3.63) is 54.1 Å². The van der Waals surface area contributed by atoms with Crippen LogP contribution >= 0.6 is 0 Å². The molecule has 0 saturated carbocycles. The van der Waals surface area contributed by atoms with Crippen molar-refractivity contribution in [2.45, 2.75) is 30.9 Å². The van der Waals surface area contributed by atoms with Crippen LogP contribution in [0.2, 0.25) is 0 Å². The third-order valence-corrected chi connectivity index (χ3v) is 6.92. The average Bonchev–Trinajstić information content (AvgIpc) is 2.76. The first-order valence-corrected chi connectivity index (χ1v) is 12.1. The van der Waals surface area contributed by atoms with Crippen LogP contribution in [-0.2, 0) is 10.0 Å². The van der Waals surface area contributed by atoms with Crippen LogP contribution in [0.5, 0.6) is 5.75 Å². The van der Waals surface area contributed by atoms with Gasteiger partial charge in [-0.1, -0.05) is 31.2 Å². The predicted molar refractivity (Wildman–Crippen MR) is 123 cm³/mol. The van der Waals surface area contributed by atoms with Gasteiger partial charge in [-0.25, -0.2) is 8.42 Å². The van der Waals surface area contributed by atoms with Crippen molar-refractivity contribution in [2.24, 2.45) is 5.92 Å². The summed E-state index contributed by atoms with van der Waals surface area (Å²) in [6.07, 6.45) is -0.298. The minimum Gasteiger partial charge on any atom is -0.486 e. The number of aliphatic hydroxyl groups excluding tert-OH is 1. The van der Waals surface area contributed by atoms with E-state index in [0.29, 0.717) is 13.1 Å². The van der Waals surface area contributed by atoms with Crippen LogP contribution in [0.3, 0.4) is 0 Å². The quantitative estimate of drug-likeness (QED) is 0.656. The number of ether oxygens (including phenoxy) is 1. The fraction of sp³-hybridized carbons (Fsp3) is 0.435. The second kappa shape index (κ2) is 9.89. The van der Waals surface area contributed by atoms with Crippen LogP contribution in [0.1, 0.15) is 24.2 Å². The number of para-hydroxylation sites is 1. The standard InChI is InChI=1S/C23H31N3O5S/c1-16-13-26(17(2)15-27)23(28)19-11-8-12-20(22(19)31-21(16)14-25(3)4)24-32(29,30)18-9-6-5-7-10-18/h5-12,16-17,21,24,27H,13-15H2,1-4H3/t16-,17-,21+/m1/s1. The Morgan fingerprint density at radius 1 is 1.19 bits per heavy atom. The molecule has 2 aromatic carbocycles. The van der Waals surface area contributed by atoms with Crippen molar-refractivity contribution in [1.82, 2.24) is 9.80 Å². The SMILES string of the molecule is C[C@@H]1CN([C@H](C)CO)C(=O)c2cccc(NS(=O)(=O)c3ccccc3)c2O[C@H]1CN(C)C. The van der Waals surface area contributed by atoms with Gasteiger partial charge in [-0.05, 0) is 45.3 Å². The highest BCUT2D eigenvalue weighted by Crippen LogP contribution is 2.36. The maximum Gasteiger partial charge on any atom is 0.262 e. The fourth-order valence-electron chi connectivity index (χ4n) is 3.70. The number of hydrogen-bond acceptors (Lipinski definition) is 6. The first-order valence-electron chi connectivity index (χ1n) is 10.6. The van der Waals surface area contributed by atoms with Gasteiger partial charge >= 0.3 is 0 Å². The zero-order valence-corrected chi connectivity index (χ0v) is 19.7. The maximum absolute atomic E-state index is 13.4. The number of hydrogen-bond donors (Lipinski definition) is 2. The van der Waals surface area contributed by atoms with Crippen molar-refractivity contribution in [3.8, 4) is 5.75 Å². The van der Waals surface area contributed by atoms with E-state index in [1.54, 1.807) is 48.2 Å². The van der Waals surface area contributed by atoms with Gasteiger partial charge in [0, 0.05) is 19.0 Å². The number of carbonyl (C=O) groups is 1. The highest BCUT2D eigenvalue weighted by atomic mass is 32.2. The van der Waals surface area contributed by atoms with E-state index in [-0.39, 0.29) is 52.5 Å². The summed E-state index contributed by atoms with van der Waals surface area (Å²) < 4.78 is 34.8. The number of aliphatic hydroxyl groups is 1. The average molecular weight is 462 g/mol. The molecule has 32 heavy (non-hydrogen) atoms. The first-order chi connectivity index (χ1) is 15.1. The summed E-state index contributed by atoms with van der Waals surface area (Å²) in [4.78, 5) is 17.1. The van der Waals surface area contributed by atoms with Crippen molar-refractivity contribution in [3.63, 3.8) is 0 Å². The second-order valence-corrected chi connectivity index (χ2v) is 10.2. The lowest BCUT2D eigenvalue weighted by atomic mass is 9.99. The summed E-state index contributed by atoms with van der Waals surface area (Å²) in [6, 6.07) is 12.5. The van der Waals surface area contributed by atoms with Gasteiger partial charge in [-0.15, -0.1) is 0 Å². The molecule has 0 bridgehead atoms. The smallest absolute Gasteiger partial charge is 0.262 e. The molecule has 0 spiro atoms. The van der Waals surface area contributed by atoms with Crippen LogP contribution in [0.25, 0.3) is 0 Å². The summed E-state index contributed by atoms with van der Waals surface area (Å²) >= 11 is 0. The molecule has 1 heterocycles. The molecule has 174 valence electrons. The molecule has 0 aliphatic carbocycles. The number of rotatable bonds is 7. The molecule has 3 atom stereocenters. The molecule has 2 N–H and O–H groups in total. The predicted octanol–water partition coefficient (Wildman–Crippen LogP) is 2.27. The lowest BCUT2D eigenvalue weighted by Gasteiger charge is -2.38. The summed E-state index contributed by atoms with van der Waals surface area (Å²) in [7, 11) is -0.0200. The number of fused-ring (bicyclic) bond motifs is 1. The Labute approximate surface area is 189 Å². The zero-order valence-electron chi connectivity index (χ0n) is 18.9. The number of nitrogens with one attached hydrogen (secondary N) is 1. The van der Waals surface area contributed by atoms with Crippen molar-refractivity contribution in [2.75, 3.05) is 38.5 Å². The van der Waals surface area contributed by atoms with Crippen molar-refractivity contribution >= 4 is 21.6 Å². The van der Waals surface area contributed by atoms with E-state index in [9.17, 15) is 18.3 Å². The largest absolute Gasteiger partial charge is 0.486 e. The summed E-state index contributed by atoms with van der Waals surface area (Å²) in [5.41, 5.74) is 0.461. The van der Waals surface area contributed by atoms with Gasteiger partial charge in [0.1, 0.15) is 6.10 Å². The molecule has 1 aliphatic heterocycles. The van der Waals surface area contributed by atoms with E-state index in [0.717, 1.165) is 0 Å². The number of carbonyl (C=O) groups excluding carboxylic acids is 1. The number of nitrogens with zero attached hydrogens (tertiary/aromatic N) is 2. The first kappa shape index (κ1) is 24.0. The van der Waals surface area contributed by atoms with Gasteiger partial charge in [0.15, 0.2) is 5.75 Å². The third kappa shape index (κ3) is 5.23. The molecule has 2 aromatic rings. The van der Waals surface area contributed by atoms with E-state index in [1.807, 2.05) is 25.9 Å². The molecule has 0 saturated heterocycles. The summed E-state index contributed by atoms with van der Waals surface area (Å²) in [5, 5.41) is 9.72. The van der Waals surface area contributed by atoms with E-state index < -0.39 is 10.0 Å². The fourth-order valence-corrected chi connectivity index (χ4v) is 4.79. The Morgan fingerprint density at radius 3 is 2.50 bits per heavy atom. The number of amides is 1. The Balaban J connectivity index is 2.09. The summed E-state index contributed by atoms with van der Waals surface area (Å²) in [6.45, 7) is 4.59. The van der Waals surface area contributed by atoms with Gasteiger partial charge in [0.05, 0.1) is 28.8 Å². The Morgan fingerprint density at radius 2 is 1.88 bits per heavy atom. The van der Waals surface area contributed by atoms with Crippen LogP contribution in [-0.4, -0.2) is 75.2 Å². The molecule has 0 radical (unpaired) electrons. The molecule has 8 nitrogen and oxygen atoms in total. The van der Waals surface area contributed by atoms with Gasteiger partial charge in [0.25, 0.3) is 15.9 Å². The van der Waals surface area contributed by atoms with Crippen LogP contribution in [0, 0.1) is 5.92 Å². The lowest BCUT2D eigenvalue weighted by molar-refractivity contribution is 0.0366. The van der Waals surface area contributed by atoms with Crippen LogP contribution in [0.15, 0.2) is 53.4 Å². The molecule has 0 aromatic heterocycles. The van der Waals surface area contributed by atoms with E-state index in [1.165, 1.54) is 12.1 Å². The minimum atomic E-state index is -3.88. The molecular formula is C23H31N3O5S. The molecule has 9 heteroatoms. The summed E-state index contributed by atoms with van der Waals surface area (Å²) in [5.74, 6) is -0.162. The maximum atomic E-state index is 13.4. The third-order valence-electron chi connectivity index (χ3n) is 5.53. The molecule has 1 amide bonds. The Bertz CT molecular complexity index is 1040. The zero-order chi connectivity index (χ0) is 23.5. The van der Waals surface area contributed by atoms with E-state index in [2.05, 4.69) is 4.72 Å². The molecule has 1 aliphatic rings. The monoisotopic (exact) mass is 461 g/mol. The minimum absolute atomic E-state index is 0.0534. The topological polar surface area (TPSA) is 99.2 Å². The van der Waals surface area contributed by atoms with E-state index in [4.69, 9.17) is 4.74 Å². The normalized spacial score (nSPS) is 20.2. The highest BCUT2D eigenvalue weighted by Gasteiger charge is 2.34. The Hall–Kier alpha value is -2.62. The van der Waals surface area contributed by atoms with Gasteiger partial charge in [-0.3, -0.25) is 9.52 Å². The Kier molecular flexibility index (Phi) is 7.43. The molecule has 3 rings (SSSR count). The lowest BCUT2D eigenvalue weighted by Crippen LogP contribution is -2.49. The second-order valence-electron chi connectivity index (χ2n) is 8.49. The van der Waals surface area contributed by atoms with E-state index >= 15 is 0 Å². The number of sulfonamides is 1. The van der Waals surface area contributed by atoms with Crippen LogP contribution < -0.4 is 9.46 Å². The van der Waals surface area contributed by atoms with Crippen molar-refractivity contribution in [1.29, 1.82) is 0 Å². The van der Waals surface area contributed by atoms with Crippen LogP contribution in [0.4, 0.5) is 5.69 Å². The molecule has 0 unspecified atom stereocenters. The van der Waals surface area contributed by atoms with Gasteiger partial charge in [0.2, 0.25) is 0 Å². The molecule has 0 fully saturated rings. The number of benzene rings is 2. The van der Waals surface area contributed by atoms with Gasteiger partial charge < -0.3 is 19.6 Å². The van der Waals surface area contributed by atoms with Crippen molar-refractivity contribution < 1.29 is 23.1 Å².